The summed E-state index contributed by atoms with van der Waals surface area (Å²) in [5.74, 6) is 0.787. The van der Waals surface area contributed by atoms with Crippen molar-refractivity contribution in [3.8, 4) is 0 Å². The second-order valence-electron chi connectivity index (χ2n) is 6.72. The zero-order chi connectivity index (χ0) is 14.7. The van der Waals surface area contributed by atoms with Crippen LogP contribution in [0.2, 0.25) is 5.02 Å². The number of rotatable bonds is 7. The zero-order valence-electron chi connectivity index (χ0n) is 12.9. The summed E-state index contributed by atoms with van der Waals surface area (Å²) < 4.78 is 6.15. The fraction of sp³-hybridized carbons (Fsp3) is 0.667. The summed E-state index contributed by atoms with van der Waals surface area (Å²) in [5, 5.41) is 4.49. The van der Waals surface area contributed by atoms with Crippen LogP contribution in [0.25, 0.3) is 0 Å². The molecule has 1 aromatic rings. The number of halogens is 1. The van der Waals surface area contributed by atoms with Crippen molar-refractivity contribution >= 4 is 11.6 Å². The fourth-order valence-electron chi connectivity index (χ4n) is 3.75. The van der Waals surface area contributed by atoms with Gasteiger partial charge in [-0.15, -0.1) is 0 Å². The molecule has 21 heavy (non-hydrogen) atoms. The lowest BCUT2D eigenvalue weighted by Crippen LogP contribution is -2.43. The van der Waals surface area contributed by atoms with Gasteiger partial charge >= 0.3 is 0 Å². The van der Waals surface area contributed by atoms with E-state index in [0.717, 1.165) is 43.5 Å². The number of benzene rings is 1. The van der Waals surface area contributed by atoms with Crippen LogP contribution in [0.4, 0.5) is 0 Å². The van der Waals surface area contributed by atoms with Gasteiger partial charge in [0.15, 0.2) is 0 Å². The summed E-state index contributed by atoms with van der Waals surface area (Å²) in [6.45, 7) is 5.29. The van der Waals surface area contributed by atoms with Gasteiger partial charge in [-0.3, -0.25) is 0 Å². The summed E-state index contributed by atoms with van der Waals surface area (Å²) in [7, 11) is 0. The van der Waals surface area contributed by atoms with Crippen LogP contribution in [0, 0.1) is 11.3 Å². The average Bonchev–Trinajstić information content (AvgIpc) is 3.22. The van der Waals surface area contributed by atoms with Crippen LogP contribution in [-0.4, -0.2) is 25.8 Å². The third kappa shape index (κ3) is 3.61. The van der Waals surface area contributed by atoms with E-state index in [4.69, 9.17) is 16.3 Å². The van der Waals surface area contributed by atoms with E-state index in [2.05, 4.69) is 30.4 Å². The lowest BCUT2D eigenvalue weighted by molar-refractivity contribution is 0.0307. The predicted octanol–water partition coefficient (Wildman–Crippen LogP) is 4.07. The Balaban J connectivity index is 1.77. The van der Waals surface area contributed by atoms with E-state index < -0.39 is 0 Å². The molecule has 0 aromatic heterocycles. The summed E-state index contributed by atoms with van der Waals surface area (Å²) >= 11 is 6.17. The summed E-state index contributed by atoms with van der Waals surface area (Å²) in [6.07, 6.45) is 6.54. The van der Waals surface area contributed by atoms with Crippen LogP contribution in [-0.2, 0) is 11.2 Å². The molecule has 1 saturated carbocycles. The lowest BCUT2D eigenvalue weighted by Gasteiger charge is -2.35. The Hall–Kier alpha value is -0.570. The molecule has 3 heteroatoms. The smallest absolute Gasteiger partial charge is 0.0675 e. The molecular weight excluding hydrogens is 282 g/mol. The largest absolute Gasteiger partial charge is 0.377 e. The van der Waals surface area contributed by atoms with Gasteiger partial charge in [0.1, 0.15) is 0 Å². The Bertz CT molecular complexity index is 474. The van der Waals surface area contributed by atoms with E-state index >= 15 is 0 Å². The van der Waals surface area contributed by atoms with Crippen molar-refractivity contribution in [2.45, 2.75) is 45.1 Å². The fourth-order valence-corrected chi connectivity index (χ4v) is 3.96. The Morgan fingerprint density at radius 2 is 2.24 bits per heavy atom. The molecule has 2 nitrogen and oxygen atoms in total. The van der Waals surface area contributed by atoms with E-state index in [1.54, 1.807) is 0 Å². The second kappa shape index (κ2) is 6.68. The monoisotopic (exact) mass is 307 g/mol. The van der Waals surface area contributed by atoms with Crippen molar-refractivity contribution in [2.24, 2.45) is 11.3 Å². The third-order valence-electron chi connectivity index (χ3n) is 4.90. The van der Waals surface area contributed by atoms with E-state index in [1.807, 2.05) is 6.07 Å². The first-order valence-corrected chi connectivity index (χ1v) is 8.68. The van der Waals surface area contributed by atoms with E-state index in [-0.39, 0.29) is 5.41 Å². The molecule has 1 saturated heterocycles. The standard InChI is InChI=1S/C18H26ClNO/c1-2-9-20-13-18(8-10-21-17(18)15-6-7-15)12-14-4-3-5-16(19)11-14/h3-5,11,15,17,20H,2,6-10,12-13H2,1H3. The molecule has 0 radical (unpaired) electrons. The maximum atomic E-state index is 6.17. The van der Waals surface area contributed by atoms with Gasteiger partial charge in [0.05, 0.1) is 6.10 Å². The SMILES string of the molecule is CCCNCC1(Cc2cccc(Cl)c2)CCOC1C1CC1. The number of hydrogen-bond acceptors (Lipinski definition) is 2. The van der Waals surface area contributed by atoms with Crippen LogP contribution < -0.4 is 5.32 Å². The third-order valence-corrected chi connectivity index (χ3v) is 5.14. The Kier molecular flexibility index (Phi) is 4.88. The van der Waals surface area contributed by atoms with Gasteiger partial charge in [0.25, 0.3) is 0 Å². The van der Waals surface area contributed by atoms with E-state index in [0.29, 0.717) is 6.10 Å². The highest BCUT2D eigenvalue weighted by atomic mass is 35.5. The normalized spacial score (nSPS) is 29.0. The molecule has 116 valence electrons. The summed E-state index contributed by atoms with van der Waals surface area (Å²) in [4.78, 5) is 0. The topological polar surface area (TPSA) is 21.3 Å². The molecule has 1 aliphatic carbocycles. The molecule has 0 spiro atoms. The summed E-state index contributed by atoms with van der Waals surface area (Å²) in [5.41, 5.74) is 1.60. The quantitative estimate of drug-likeness (QED) is 0.767. The lowest BCUT2D eigenvalue weighted by atomic mass is 9.74. The first-order valence-electron chi connectivity index (χ1n) is 8.30. The molecule has 1 aromatic carbocycles. The molecule has 2 atom stereocenters. The van der Waals surface area contributed by atoms with Gasteiger partial charge in [-0.2, -0.15) is 0 Å². The molecule has 2 aliphatic rings. The van der Waals surface area contributed by atoms with Gasteiger partial charge < -0.3 is 10.1 Å². The molecular formula is C18H26ClNO. The van der Waals surface area contributed by atoms with Crippen molar-refractivity contribution < 1.29 is 4.74 Å². The highest BCUT2D eigenvalue weighted by Gasteiger charge is 2.50. The van der Waals surface area contributed by atoms with Crippen molar-refractivity contribution in [1.29, 1.82) is 0 Å². The molecule has 2 fully saturated rings. The molecule has 0 amide bonds. The van der Waals surface area contributed by atoms with Crippen LogP contribution in [0.1, 0.15) is 38.2 Å². The van der Waals surface area contributed by atoms with Crippen LogP contribution in [0.5, 0.6) is 0 Å². The van der Waals surface area contributed by atoms with Gasteiger partial charge in [0.2, 0.25) is 0 Å². The van der Waals surface area contributed by atoms with E-state index in [9.17, 15) is 0 Å². The van der Waals surface area contributed by atoms with E-state index in [1.165, 1.54) is 24.8 Å². The first kappa shape index (κ1) is 15.3. The molecule has 1 heterocycles. The maximum absolute atomic E-state index is 6.17. The van der Waals surface area contributed by atoms with Gasteiger partial charge in [0, 0.05) is 23.6 Å². The second-order valence-corrected chi connectivity index (χ2v) is 7.16. The zero-order valence-corrected chi connectivity index (χ0v) is 13.7. The number of nitrogens with one attached hydrogen (secondary N) is 1. The molecule has 1 aliphatic heterocycles. The summed E-state index contributed by atoms with van der Waals surface area (Å²) in [6, 6.07) is 8.34. The molecule has 1 N–H and O–H groups in total. The highest BCUT2D eigenvalue weighted by Crippen LogP contribution is 2.49. The Morgan fingerprint density at radius 1 is 1.38 bits per heavy atom. The molecule has 2 unspecified atom stereocenters. The van der Waals surface area contributed by atoms with Gasteiger partial charge in [-0.25, -0.2) is 0 Å². The van der Waals surface area contributed by atoms with Crippen molar-refractivity contribution in [3.63, 3.8) is 0 Å². The number of ether oxygens (including phenoxy) is 1. The van der Waals surface area contributed by atoms with Crippen LogP contribution in [0.3, 0.4) is 0 Å². The van der Waals surface area contributed by atoms with Crippen molar-refractivity contribution in [3.05, 3.63) is 34.9 Å². The average molecular weight is 308 g/mol. The van der Waals surface area contributed by atoms with Crippen LogP contribution in [0.15, 0.2) is 24.3 Å². The minimum Gasteiger partial charge on any atom is -0.377 e. The molecule has 0 bridgehead atoms. The molecule has 3 rings (SSSR count). The Morgan fingerprint density at radius 3 is 2.95 bits per heavy atom. The minimum atomic E-state index is 0.251. The van der Waals surface area contributed by atoms with Crippen LogP contribution >= 0.6 is 11.6 Å². The van der Waals surface area contributed by atoms with Gasteiger partial charge in [-0.05, 0) is 62.3 Å². The highest BCUT2D eigenvalue weighted by molar-refractivity contribution is 6.30. The Labute approximate surface area is 133 Å². The van der Waals surface area contributed by atoms with Crippen molar-refractivity contribution in [1.82, 2.24) is 5.32 Å². The first-order chi connectivity index (χ1) is 10.2. The minimum absolute atomic E-state index is 0.251. The predicted molar refractivity (Wildman–Crippen MR) is 87.8 cm³/mol. The van der Waals surface area contributed by atoms with Gasteiger partial charge in [-0.1, -0.05) is 30.7 Å². The van der Waals surface area contributed by atoms with Crippen molar-refractivity contribution in [2.75, 3.05) is 19.7 Å². The maximum Gasteiger partial charge on any atom is 0.0675 e. The number of hydrogen-bond donors (Lipinski definition) is 1.